The normalized spacial score (nSPS) is 16.1. The molecule has 1 aliphatic rings. The second-order valence-corrected chi connectivity index (χ2v) is 10.7. The number of anilines is 1. The molecule has 0 unspecified atom stereocenters. The zero-order valence-electron chi connectivity index (χ0n) is 19.7. The Kier molecular flexibility index (Phi) is 8.73. The number of nitrogens with zero attached hydrogens (tertiary/aromatic N) is 3. The molecule has 2 aromatic rings. The summed E-state index contributed by atoms with van der Waals surface area (Å²) in [6.45, 7) is 11.3. The molecule has 1 saturated heterocycles. The Hall–Kier alpha value is -1.90. The van der Waals surface area contributed by atoms with Gasteiger partial charge in [0.1, 0.15) is 0 Å². The molecule has 0 radical (unpaired) electrons. The van der Waals surface area contributed by atoms with E-state index in [1.807, 2.05) is 19.1 Å². The molecule has 2 heterocycles. The summed E-state index contributed by atoms with van der Waals surface area (Å²) in [6, 6.07) is 8.13. The molecule has 7 nitrogen and oxygen atoms in total. The molecule has 1 fully saturated rings. The number of likely N-dealkylation sites (N-methyl/N-ethyl adjacent to an activating group) is 1. The van der Waals surface area contributed by atoms with Gasteiger partial charge in [-0.15, -0.1) is 0 Å². The average Bonchev–Trinajstić information content (AvgIpc) is 3.20. The Morgan fingerprint density at radius 1 is 1.12 bits per heavy atom. The molecule has 178 valence electrons. The quantitative estimate of drug-likeness (QED) is 0.552. The van der Waals surface area contributed by atoms with Gasteiger partial charge in [-0.3, -0.25) is 4.79 Å². The van der Waals surface area contributed by atoms with Gasteiger partial charge in [0.15, 0.2) is 0 Å². The lowest BCUT2D eigenvalue weighted by molar-refractivity contribution is -0.120. The first-order valence-electron chi connectivity index (χ1n) is 12.0. The van der Waals surface area contributed by atoms with E-state index < -0.39 is 10.0 Å². The molecule has 0 saturated carbocycles. The molecule has 1 aromatic carbocycles. The number of sulfonamides is 1. The number of carbonyl (C=O) groups is 1. The zero-order valence-corrected chi connectivity index (χ0v) is 20.5. The van der Waals surface area contributed by atoms with E-state index in [-0.39, 0.29) is 17.6 Å². The maximum absolute atomic E-state index is 12.8. The highest BCUT2D eigenvalue weighted by Crippen LogP contribution is 2.24. The molecule has 32 heavy (non-hydrogen) atoms. The summed E-state index contributed by atoms with van der Waals surface area (Å²) in [5, 5.41) is 4.16. The molecule has 3 rings (SSSR count). The van der Waals surface area contributed by atoms with Crippen LogP contribution in [0.5, 0.6) is 0 Å². The Morgan fingerprint density at radius 3 is 2.50 bits per heavy atom. The molecule has 1 amide bonds. The third-order valence-corrected chi connectivity index (χ3v) is 8.52. The van der Waals surface area contributed by atoms with Gasteiger partial charge < -0.3 is 14.8 Å². The monoisotopic (exact) mass is 462 g/mol. The molecule has 0 aliphatic carbocycles. The number of hydrogen-bond donors (Lipinski definition) is 1. The Morgan fingerprint density at radius 2 is 1.84 bits per heavy atom. The maximum atomic E-state index is 12.8. The van der Waals surface area contributed by atoms with Crippen molar-refractivity contribution in [2.24, 2.45) is 5.92 Å². The largest absolute Gasteiger partial charge is 0.346 e. The van der Waals surface area contributed by atoms with Crippen molar-refractivity contribution in [1.82, 2.24) is 13.8 Å². The highest BCUT2D eigenvalue weighted by atomic mass is 32.2. The fourth-order valence-corrected chi connectivity index (χ4v) is 6.04. The molecule has 1 N–H and O–H groups in total. The smallest absolute Gasteiger partial charge is 0.227 e. The van der Waals surface area contributed by atoms with Gasteiger partial charge in [0, 0.05) is 54.9 Å². The van der Waals surface area contributed by atoms with E-state index >= 15 is 0 Å². The van der Waals surface area contributed by atoms with Crippen LogP contribution in [0.1, 0.15) is 46.5 Å². The summed E-state index contributed by atoms with van der Waals surface area (Å²) < 4.78 is 28.6. The van der Waals surface area contributed by atoms with Crippen LogP contribution in [0, 0.1) is 5.92 Å². The van der Waals surface area contributed by atoms with Crippen molar-refractivity contribution in [3.63, 3.8) is 0 Å². The Balaban J connectivity index is 1.56. The number of unbranched alkanes of at least 4 members (excludes halogenated alkanes) is 1. The zero-order chi connectivity index (χ0) is 23.1. The number of piperidine rings is 1. The number of hydrogen-bond acceptors (Lipinski definition) is 4. The third kappa shape index (κ3) is 6.11. The van der Waals surface area contributed by atoms with Crippen LogP contribution in [-0.4, -0.2) is 66.6 Å². The van der Waals surface area contributed by atoms with E-state index in [1.165, 1.54) is 5.52 Å². The van der Waals surface area contributed by atoms with Gasteiger partial charge in [-0.2, -0.15) is 0 Å². The third-order valence-electron chi connectivity index (χ3n) is 6.56. The van der Waals surface area contributed by atoms with Gasteiger partial charge in [-0.05, 0) is 56.6 Å². The molecule has 0 bridgehead atoms. The van der Waals surface area contributed by atoms with Gasteiger partial charge in [0.25, 0.3) is 0 Å². The topological polar surface area (TPSA) is 74.6 Å². The van der Waals surface area contributed by atoms with Crippen LogP contribution in [0.3, 0.4) is 0 Å². The molecule has 1 aromatic heterocycles. The summed E-state index contributed by atoms with van der Waals surface area (Å²) in [4.78, 5) is 15.2. The van der Waals surface area contributed by atoms with E-state index in [1.54, 1.807) is 4.31 Å². The minimum atomic E-state index is -3.19. The van der Waals surface area contributed by atoms with Crippen molar-refractivity contribution in [3.05, 3.63) is 30.5 Å². The number of nitrogens with one attached hydrogen (secondary N) is 1. The lowest BCUT2D eigenvalue weighted by atomic mass is 9.97. The maximum Gasteiger partial charge on any atom is 0.227 e. The van der Waals surface area contributed by atoms with Crippen LogP contribution >= 0.6 is 0 Å². The van der Waals surface area contributed by atoms with E-state index in [0.717, 1.165) is 43.7 Å². The van der Waals surface area contributed by atoms with Crippen molar-refractivity contribution in [1.29, 1.82) is 0 Å². The van der Waals surface area contributed by atoms with E-state index in [0.29, 0.717) is 32.4 Å². The van der Waals surface area contributed by atoms with Gasteiger partial charge in [-0.25, -0.2) is 12.7 Å². The SMILES string of the molecule is CCCCS(=O)(=O)N1CCC(C(=O)Nc2ccc3c(ccn3CCN(CC)CC)c2)CC1. The fraction of sp³-hybridized carbons (Fsp3) is 0.625. The Labute approximate surface area is 192 Å². The second kappa shape index (κ2) is 11.3. The first-order chi connectivity index (χ1) is 15.4. The summed E-state index contributed by atoms with van der Waals surface area (Å²) in [6.07, 6.45) is 4.79. The van der Waals surface area contributed by atoms with Crippen LogP contribution in [0.4, 0.5) is 5.69 Å². The fourth-order valence-electron chi connectivity index (χ4n) is 4.36. The summed E-state index contributed by atoms with van der Waals surface area (Å²) in [5.74, 6) is 0.0347. The summed E-state index contributed by atoms with van der Waals surface area (Å²) in [7, 11) is -3.19. The average molecular weight is 463 g/mol. The van der Waals surface area contributed by atoms with Crippen LogP contribution < -0.4 is 5.32 Å². The standard InChI is InChI=1S/C24H38N4O3S/c1-4-7-18-32(30,31)28-14-11-20(12-15-28)24(29)25-22-8-9-23-21(19-22)10-13-27(23)17-16-26(5-2)6-3/h8-10,13,19-20H,4-7,11-12,14-18H2,1-3H3,(H,25,29). The minimum absolute atomic E-state index is 0.0177. The van der Waals surface area contributed by atoms with Gasteiger partial charge >= 0.3 is 0 Å². The van der Waals surface area contributed by atoms with Crippen LogP contribution in [0.25, 0.3) is 10.9 Å². The van der Waals surface area contributed by atoms with Crippen LogP contribution in [0.2, 0.25) is 0 Å². The van der Waals surface area contributed by atoms with Crippen molar-refractivity contribution >= 4 is 32.5 Å². The number of benzene rings is 1. The molecular weight excluding hydrogens is 424 g/mol. The van der Waals surface area contributed by atoms with Crippen molar-refractivity contribution in [2.45, 2.75) is 53.0 Å². The summed E-state index contributed by atoms with van der Waals surface area (Å²) in [5.41, 5.74) is 1.96. The first kappa shape index (κ1) is 24.7. The van der Waals surface area contributed by atoms with Gasteiger partial charge in [0.05, 0.1) is 5.75 Å². The van der Waals surface area contributed by atoms with Crippen molar-refractivity contribution in [2.75, 3.05) is 43.8 Å². The number of fused-ring (bicyclic) bond motifs is 1. The number of carbonyl (C=O) groups excluding carboxylic acids is 1. The Bertz CT molecular complexity index is 990. The van der Waals surface area contributed by atoms with E-state index in [9.17, 15) is 13.2 Å². The van der Waals surface area contributed by atoms with Crippen LogP contribution in [-0.2, 0) is 21.4 Å². The van der Waals surface area contributed by atoms with E-state index in [4.69, 9.17) is 0 Å². The van der Waals surface area contributed by atoms with Gasteiger partial charge in [-0.1, -0.05) is 27.2 Å². The molecule has 1 aliphatic heterocycles. The summed E-state index contributed by atoms with van der Waals surface area (Å²) >= 11 is 0. The molecule has 0 spiro atoms. The molecule has 8 heteroatoms. The lowest BCUT2D eigenvalue weighted by Gasteiger charge is -2.30. The number of rotatable bonds is 11. The molecular formula is C24H38N4O3S. The predicted octanol–water partition coefficient (Wildman–Crippen LogP) is 3.76. The second-order valence-electron chi connectivity index (χ2n) is 8.64. The highest BCUT2D eigenvalue weighted by molar-refractivity contribution is 7.89. The molecule has 0 atom stereocenters. The number of amides is 1. The van der Waals surface area contributed by atoms with Crippen molar-refractivity contribution in [3.8, 4) is 0 Å². The minimum Gasteiger partial charge on any atom is -0.346 e. The lowest BCUT2D eigenvalue weighted by Crippen LogP contribution is -2.42. The van der Waals surface area contributed by atoms with Gasteiger partial charge in [0.2, 0.25) is 15.9 Å². The first-order valence-corrected chi connectivity index (χ1v) is 13.6. The highest BCUT2D eigenvalue weighted by Gasteiger charge is 2.30. The van der Waals surface area contributed by atoms with Crippen LogP contribution in [0.15, 0.2) is 30.5 Å². The van der Waals surface area contributed by atoms with Crippen molar-refractivity contribution < 1.29 is 13.2 Å². The van der Waals surface area contributed by atoms with E-state index in [2.05, 4.69) is 47.0 Å². The number of aromatic nitrogens is 1. The predicted molar refractivity (Wildman–Crippen MR) is 131 cm³/mol.